The standard InChI is InChI=1S/C20H31F3N4O2/c1-2-24-19(25-7-4-8-27-9-11-28-12-10-27)26-14-17-5-3-6-18(13-17)15-29-16-20(21,22)23/h3,5-6,13H,2,4,7-12,14-16H2,1H3,(H2,24,25,26). The van der Waals surface area contributed by atoms with Gasteiger partial charge in [-0.2, -0.15) is 13.2 Å². The van der Waals surface area contributed by atoms with Crippen LogP contribution in [0.3, 0.4) is 0 Å². The summed E-state index contributed by atoms with van der Waals surface area (Å²) >= 11 is 0. The summed E-state index contributed by atoms with van der Waals surface area (Å²) < 4.78 is 46.6. The van der Waals surface area contributed by atoms with E-state index in [2.05, 4.69) is 20.5 Å². The number of hydrogen-bond acceptors (Lipinski definition) is 4. The van der Waals surface area contributed by atoms with Crippen LogP contribution in [0.15, 0.2) is 29.3 Å². The highest BCUT2D eigenvalue weighted by Gasteiger charge is 2.27. The van der Waals surface area contributed by atoms with Crippen molar-refractivity contribution in [3.63, 3.8) is 0 Å². The van der Waals surface area contributed by atoms with Gasteiger partial charge in [-0.25, -0.2) is 4.99 Å². The molecule has 29 heavy (non-hydrogen) atoms. The molecule has 1 saturated heterocycles. The van der Waals surface area contributed by atoms with E-state index in [0.29, 0.717) is 12.1 Å². The highest BCUT2D eigenvalue weighted by Crippen LogP contribution is 2.16. The zero-order chi connectivity index (χ0) is 21.0. The molecule has 0 aromatic heterocycles. The van der Waals surface area contributed by atoms with Gasteiger partial charge in [-0.15, -0.1) is 0 Å². The molecule has 1 heterocycles. The minimum absolute atomic E-state index is 0.0725. The van der Waals surface area contributed by atoms with Gasteiger partial charge < -0.3 is 20.1 Å². The Hall–Kier alpha value is -1.84. The van der Waals surface area contributed by atoms with Gasteiger partial charge in [-0.3, -0.25) is 4.90 Å². The summed E-state index contributed by atoms with van der Waals surface area (Å²) in [5.41, 5.74) is 1.62. The molecule has 0 spiro atoms. The lowest BCUT2D eigenvalue weighted by atomic mass is 10.1. The molecule has 1 aromatic carbocycles. The molecule has 1 fully saturated rings. The van der Waals surface area contributed by atoms with Crippen molar-refractivity contribution in [3.05, 3.63) is 35.4 Å². The molecule has 2 N–H and O–H groups in total. The Morgan fingerprint density at radius 1 is 1.21 bits per heavy atom. The molecule has 9 heteroatoms. The number of guanidine groups is 1. The number of aliphatic imine (C=N–C) groups is 1. The van der Waals surface area contributed by atoms with Crippen LogP contribution in [0.1, 0.15) is 24.5 Å². The van der Waals surface area contributed by atoms with E-state index in [1.165, 1.54) is 0 Å². The molecule has 1 aromatic rings. The molecule has 0 bridgehead atoms. The van der Waals surface area contributed by atoms with E-state index in [9.17, 15) is 13.2 Å². The number of morpholine rings is 1. The Kier molecular flexibility index (Phi) is 10.2. The second kappa shape index (κ2) is 12.7. The molecule has 164 valence electrons. The first kappa shape index (κ1) is 23.4. The average Bonchev–Trinajstić information content (AvgIpc) is 2.69. The Bertz CT molecular complexity index is 620. The summed E-state index contributed by atoms with van der Waals surface area (Å²) in [6.07, 6.45) is -3.30. The van der Waals surface area contributed by atoms with Gasteiger partial charge in [0.05, 0.1) is 26.4 Å². The number of halogens is 3. The lowest BCUT2D eigenvalue weighted by Gasteiger charge is -2.26. The summed E-state index contributed by atoms with van der Waals surface area (Å²) in [6.45, 7) is 7.29. The number of nitrogens with one attached hydrogen (secondary N) is 2. The van der Waals surface area contributed by atoms with E-state index in [1.807, 2.05) is 19.1 Å². The maximum atomic E-state index is 12.2. The van der Waals surface area contributed by atoms with E-state index in [4.69, 9.17) is 9.47 Å². The van der Waals surface area contributed by atoms with Crippen LogP contribution in [-0.2, 0) is 22.6 Å². The summed E-state index contributed by atoms with van der Waals surface area (Å²) in [7, 11) is 0. The van der Waals surface area contributed by atoms with Gasteiger partial charge in [0, 0.05) is 26.2 Å². The lowest BCUT2D eigenvalue weighted by Crippen LogP contribution is -2.40. The number of rotatable bonds is 10. The van der Waals surface area contributed by atoms with Gasteiger partial charge in [0.15, 0.2) is 5.96 Å². The summed E-state index contributed by atoms with van der Waals surface area (Å²) in [4.78, 5) is 6.96. The minimum atomic E-state index is -4.31. The Balaban J connectivity index is 1.76. The molecule has 2 rings (SSSR count). The van der Waals surface area contributed by atoms with Crippen molar-refractivity contribution in [2.24, 2.45) is 4.99 Å². The van der Waals surface area contributed by atoms with Crippen LogP contribution in [0.2, 0.25) is 0 Å². The predicted molar refractivity (Wildman–Crippen MR) is 107 cm³/mol. The van der Waals surface area contributed by atoms with E-state index < -0.39 is 12.8 Å². The maximum absolute atomic E-state index is 12.2. The zero-order valence-corrected chi connectivity index (χ0v) is 16.9. The van der Waals surface area contributed by atoms with Crippen molar-refractivity contribution in [1.82, 2.24) is 15.5 Å². The SMILES string of the molecule is CCNC(=NCc1cccc(COCC(F)(F)F)c1)NCCCN1CCOCC1. The van der Waals surface area contributed by atoms with E-state index in [1.54, 1.807) is 12.1 Å². The van der Waals surface area contributed by atoms with Crippen molar-refractivity contribution < 1.29 is 22.6 Å². The summed E-state index contributed by atoms with van der Waals surface area (Å²) in [5, 5.41) is 6.54. The third-order valence-corrected chi connectivity index (χ3v) is 4.34. The Morgan fingerprint density at radius 2 is 1.97 bits per heavy atom. The molecule has 0 aliphatic carbocycles. The van der Waals surface area contributed by atoms with Gasteiger partial charge in [0.1, 0.15) is 6.61 Å². The largest absolute Gasteiger partial charge is 0.411 e. The molecule has 6 nitrogen and oxygen atoms in total. The van der Waals surface area contributed by atoms with Gasteiger partial charge in [0.25, 0.3) is 0 Å². The zero-order valence-electron chi connectivity index (χ0n) is 16.9. The van der Waals surface area contributed by atoms with Crippen molar-refractivity contribution in [2.75, 3.05) is 52.5 Å². The topological polar surface area (TPSA) is 58.1 Å². The Morgan fingerprint density at radius 3 is 2.69 bits per heavy atom. The van der Waals surface area contributed by atoms with Gasteiger partial charge in [-0.1, -0.05) is 24.3 Å². The third-order valence-electron chi connectivity index (χ3n) is 4.34. The van der Waals surface area contributed by atoms with Crippen molar-refractivity contribution in [1.29, 1.82) is 0 Å². The molecule has 0 atom stereocenters. The molecule has 1 aliphatic rings. The number of nitrogens with zero attached hydrogens (tertiary/aromatic N) is 2. The van der Waals surface area contributed by atoms with E-state index in [0.717, 1.165) is 63.9 Å². The predicted octanol–water partition coefficient (Wildman–Crippen LogP) is 2.54. The number of hydrogen-bond donors (Lipinski definition) is 2. The fourth-order valence-corrected chi connectivity index (χ4v) is 2.95. The number of ether oxygens (including phenoxy) is 2. The van der Waals surface area contributed by atoms with Crippen LogP contribution in [0.25, 0.3) is 0 Å². The van der Waals surface area contributed by atoms with Crippen LogP contribution < -0.4 is 10.6 Å². The highest BCUT2D eigenvalue weighted by molar-refractivity contribution is 5.79. The van der Waals surface area contributed by atoms with E-state index in [-0.39, 0.29) is 6.61 Å². The summed E-state index contributed by atoms with van der Waals surface area (Å²) in [5.74, 6) is 0.730. The first-order valence-electron chi connectivity index (χ1n) is 10.0. The maximum Gasteiger partial charge on any atom is 0.411 e. The molecular weight excluding hydrogens is 385 g/mol. The van der Waals surface area contributed by atoms with Crippen LogP contribution in [0.5, 0.6) is 0 Å². The minimum Gasteiger partial charge on any atom is -0.379 e. The molecule has 0 unspecified atom stereocenters. The number of alkyl halides is 3. The van der Waals surface area contributed by atoms with Gasteiger partial charge in [-0.05, 0) is 31.0 Å². The van der Waals surface area contributed by atoms with Gasteiger partial charge >= 0.3 is 6.18 Å². The van der Waals surface area contributed by atoms with E-state index >= 15 is 0 Å². The second-order valence-electron chi connectivity index (χ2n) is 6.86. The molecular formula is C20H31F3N4O2. The molecule has 0 saturated carbocycles. The van der Waals surface area contributed by atoms with Crippen LogP contribution in [0, 0.1) is 0 Å². The first-order valence-corrected chi connectivity index (χ1v) is 10.0. The Labute approximate surface area is 170 Å². The fourth-order valence-electron chi connectivity index (χ4n) is 2.95. The quantitative estimate of drug-likeness (QED) is 0.349. The van der Waals surface area contributed by atoms with Crippen LogP contribution >= 0.6 is 0 Å². The fraction of sp³-hybridized carbons (Fsp3) is 0.650. The number of benzene rings is 1. The van der Waals surface area contributed by atoms with Crippen LogP contribution in [0.4, 0.5) is 13.2 Å². The highest BCUT2D eigenvalue weighted by atomic mass is 19.4. The molecule has 0 radical (unpaired) electrons. The molecule has 0 amide bonds. The van der Waals surface area contributed by atoms with Crippen LogP contribution in [-0.4, -0.2) is 69.6 Å². The van der Waals surface area contributed by atoms with Crippen molar-refractivity contribution in [2.45, 2.75) is 32.7 Å². The average molecular weight is 416 g/mol. The molecule has 1 aliphatic heterocycles. The second-order valence-corrected chi connectivity index (χ2v) is 6.86. The lowest BCUT2D eigenvalue weighted by molar-refractivity contribution is -0.176. The first-order chi connectivity index (χ1) is 14.0. The van der Waals surface area contributed by atoms with Crippen molar-refractivity contribution in [3.8, 4) is 0 Å². The smallest absolute Gasteiger partial charge is 0.379 e. The monoisotopic (exact) mass is 416 g/mol. The normalized spacial score (nSPS) is 16.1. The third kappa shape index (κ3) is 10.5. The van der Waals surface area contributed by atoms with Gasteiger partial charge in [0.2, 0.25) is 0 Å². The van der Waals surface area contributed by atoms with Crippen molar-refractivity contribution >= 4 is 5.96 Å². The summed E-state index contributed by atoms with van der Waals surface area (Å²) in [6, 6.07) is 7.28.